The summed E-state index contributed by atoms with van der Waals surface area (Å²) in [5.41, 5.74) is 0.751. The molecule has 0 bridgehead atoms. The molecule has 0 saturated heterocycles. The van der Waals surface area contributed by atoms with E-state index in [1.165, 1.54) is 0 Å². The van der Waals surface area contributed by atoms with Gasteiger partial charge in [0.05, 0.1) is 17.1 Å². The van der Waals surface area contributed by atoms with E-state index in [0.29, 0.717) is 0 Å². The number of sulfone groups is 1. The standard InChI is InChI=1S/C21H29NO4S/c1-14(2)20(22-21(23)26-15(3)4)13-27(24,25)16(5)18-11-10-17-8-6-7-9-19(17)12-18/h6-12,14-16,20H,13H2,1-5H3,(H,22,23). The molecule has 0 heterocycles. The average molecular weight is 392 g/mol. The minimum Gasteiger partial charge on any atom is -0.447 e. The third-order valence-corrected chi connectivity index (χ3v) is 6.82. The summed E-state index contributed by atoms with van der Waals surface area (Å²) in [6, 6.07) is 13.1. The van der Waals surface area contributed by atoms with Crippen LogP contribution in [0.25, 0.3) is 10.8 Å². The minimum atomic E-state index is -3.47. The zero-order chi connectivity index (χ0) is 20.2. The zero-order valence-corrected chi connectivity index (χ0v) is 17.4. The predicted molar refractivity (Wildman–Crippen MR) is 110 cm³/mol. The summed E-state index contributed by atoms with van der Waals surface area (Å²) in [6.45, 7) is 8.97. The molecule has 148 valence electrons. The Morgan fingerprint density at radius 1 is 1.00 bits per heavy atom. The molecule has 0 aromatic heterocycles. The van der Waals surface area contributed by atoms with Gasteiger partial charge in [0.2, 0.25) is 0 Å². The number of hydrogen-bond acceptors (Lipinski definition) is 4. The summed E-state index contributed by atoms with van der Waals surface area (Å²) in [5.74, 6) is -0.172. The molecular weight excluding hydrogens is 362 g/mol. The van der Waals surface area contributed by atoms with Crippen molar-refractivity contribution in [3.05, 3.63) is 48.0 Å². The predicted octanol–water partition coefficient (Wildman–Crippen LogP) is 4.47. The van der Waals surface area contributed by atoms with Crippen LogP contribution in [-0.2, 0) is 14.6 Å². The highest BCUT2D eigenvalue weighted by Crippen LogP contribution is 2.27. The largest absolute Gasteiger partial charge is 0.447 e. The third-order valence-electron chi connectivity index (χ3n) is 4.64. The summed E-state index contributed by atoms with van der Waals surface area (Å²) >= 11 is 0. The number of alkyl carbamates (subject to hydrolysis) is 1. The van der Waals surface area contributed by atoms with Crippen molar-refractivity contribution in [1.29, 1.82) is 0 Å². The van der Waals surface area contributed by atoms with Gasteiger partial charge in [-0.15, -0.1) is 0 Å². The molecule has 0 aliphatic carbocycles. The van der Waals surface area contributed by atoms with Gasteiger partial charge in [0.1, 0.15) is 0 Å². The molecule has 0 aliphatic heterocycles. The molecule has 2 aromatic carbocycles. The van der Waals surface area contributed by atoms with E-state index >= 15 is 0 Å². The summed E-state index contributed by atoms with van der Waals surface area (Å²) < 4.78 is 31.1. The van der Waals surface area contributed by atoms with E-state index < -0.39 is 27.2 Å². The molecule has 27 heavy (non-hydrogen) atoms. The van der Waals surface area contributed by atoms with Crippen molar-refractivity contribution < 1.29 is 17.9 Å². The summed E-state index contributed by atoms with van der Waals surface area (Å²) in [5, 5.41) is 4.12. The maximum absolute atomic E-state index is 13.0. The van der Waals surface area contributed by atoms with Crippen molar-refractivity contribution in [2.75, 3.05) is 5.75 Å². The Morgan fingerprint density at radius 2 is 1.63 bits per heavy atom. The molecule has 0 aliphatic rings. The third kappa shape index (κ3) is 5.70. The lowest BCUT2D eigenvalue weighted by Gasteiger charge is -2.24. The molecule has 5 nitrogen and oxygen atoms in total. The molecule has 0 saturated carbocycles. The molecule has 0 radical (unpaired) electrons. The molecule has 2 aromatic rings. The molecule has 0 spiro atoms. The smallest absolute Gasteiger partial charge is 0.407 e. The van der Waals surface area contributed by atoms with Crippen LogP contribution in [0.2, 0.25) is 0 Å². The van der Waals surface area contributed by atoms with Gasteiger partial charge in [-0.2, -0.15) is 0 Å². The first kappa shape index (κ1) is 21.2. The fourth-order valence-electron chi connectivity index (χ4n) is 2.86. The second-order valence-electron chi connectivity index (χ2n) is 7.53. The second kappa shape index (κ2) is 8.74. The maximum atomic E-state index is 13.0. The van der Waals surface area contributed by atoms with Crippen LogP contribution >= 0.6 is 0 Å². The molecule has 1 N–H and O–H groups in total. The topological polar surface area (TPSA) is 72.5 Å². The van der Waals surface area contributed by atoms with Crippen molar-refractivity contribution >= 4 is 26.7 Å². The number of carbonyl (C=O) groups is 1. The first-order valence-corrected chi connectivity index (χ1v) is 11.0. The van der Waals surface area contributed by atoms with Crippen LogP contribution < -0.4 is 5.32 Å². The number of hydrogen-bond donors (Lipinski definition) is 1. The van der Waals surface area contributed by atoms with Crippen LogP contribution in [0, 0.1) is 5.92 Å². The zero-order valence-electron chi connectivity index (χ0n) is 16.6. The van der Waals surface area contributed by atoms with Gasteiger partial charge in [0.15, 0.2) is 9.84 Å². The second-order valence-corrected chi connectivity index (χ2v) is 9.89. The van der Waals surface area contributed by atoms with Crippen molar-refractivity contribution in [2.24, 2.45) is 5.92 Å². The van der Waals surface area contributed by atoms with Crippen molar-refractivity contribution in [1.82, 2.24) is 5.32 Å². The van der Waals surface area contributed by atoms with Gasteiger partial charge in [-0.3, -0.25) is 0 Å². The lowest BCUT2D eigenvalue weighted by Crippen LogP contribution is -2.44. The van der Waals surface area contributed by atoms with Gasteiger partial charge in [-0.05, 0) is 49.1 Å². The Labute approximate surface area is 162 Å². The van der Waals surface area contributed by atoms with Gasteiger partial charge in [-0.25, -0.2) is 13.2 Å². The Bertz CT molecular complexity index is 890. The van der Waals surface area contributed by atoms with Crippen LogP contribution in [0.4, 0.5) is 4.79 Å². The molecule has 2 unspecified atom stereocenters. The quantitative estimate of drug-likeness (QED) is 0.755. The van der Waals surface area contributed by atoms with Gasteiger partial charge in [-0.1, -0.05) is 50.2 Å². The van der Waals surface area contributed by atoms with Crippen molar-refractivity contribution in [3.63, 3.8) is 0 Å². The van der Waals surface area contributed by atoms with Crippen LogP contribution in [0.1, 0.15) is 45.4 Å². The van der Waals surface area contributed by atoms with E-state index in [-0.39, 0.29) is 17.8 Å². The number of ether oxygens (including phenoxy) is 1. The maximum Gasteiger partial charge on any atom is 0.407 e. The fraction of sp³-hybridized carbons (Fsp3) is 0.476. The molecular formula is C21H29NO4S. The van der Waals surface area contributed by atoms with Crippen LogP contribution in [0.3, 0.4) is 0 Å². The number of carbonyl (C=O) groups excluding carboxylic acids is 1. The molecule has 1 amide bonds. The summed E-state index contributed by atoms with van der Waals surface area (Å²) in [6.07, 6.45) is -0.844. The lowest BCUT2D eigenvalue weighted by molar-refractivity contribution is 0.111. The van der Waals surface area contributed by atoms with Crippen molar-refractivity contribution in [2.45, 2.75) is 52.0 Å². The number of fused-ring (bicyclic) bond motifs is 1. The Balaban J connectivity index is 2.19. The summed E-state index contributed by atoms with van der Waals surface area (Å²) in [7, 11) is -3.47. The lowest BCUT2D eigenvalue weighted by atomic mass is 10.1. The summed E-state index contributed by atoms with van der Waals surface area (Å²) in [4.78, 5) is 11.9. The number of rotatable bonds is 7. The van der Waals surface area contributed by atoms with Gasteiger partial charge < -0.3 is 10.1 Å². The molecule has 6 heteroatoms. The van der Waals surface area contributed by atoms with Gasteiger partial charge >= 0.3 is 6.09 Å². The first-order valence-electron chi connectivity index (χ1n) is 9.27. The first-order chi connectivity index (χ1) is 12.6. The SMILES string of the molecule is CC(C)OC(=O)NC(CS(=O)(=O)C(C)c1ccc2ccccc2c1)C(C)C. The van der Waals surface area contributed by atoms with E-state index in [1.807, 2.05) is 56.3 Å². The molecule has 2 rings (SSSR count). The molecule has 0 fully saturated rings. The Kier molecular flexibility index (Phi) is 6.87. The Hall–Kier alpha value is -2.08. The van der Waals surface area contributed by atoms with Gasteiger partial charge in [0, 0.05) is 6.04 Å². The van der Waals surface area contributed by atoms with Crippen LogP contribution in [-0.4, -0.2) is 32.4 Å². The number of nitrogens with one attached hydrogen (secondary N) is 1. The van der Waals surface area contributed by atoms with E-state index in [0.717, 1.165) is 16.3 Å². The van der Waals surface area contributed by atoms with Crippen LogP contribution in [0.5, 0.6) is 0 Å². The van der Waals surface area contributed by atoms with E-state index in [2.05, 4.69) is 5.32 Å². The van der Waals surface area contributed by atoms with Gasteiger partial charge in [0.25, 0.3) is 0 Å². The normalized spacial score (nSPS) is 14.3. The highest BCUT2D eigenvalue weighted by Gasteiger charge is 2.29. The number of benzene rings is 2. The number of amides is 1. The van der Waals surface area contributed by atoms with E-state index in [1.54, 1.807) is 20.8 Å². The Morgan fingerprint density at radius 3 is 2.22 bits per heavy atom. The highest BCUT2D eigenvalue weighted by atomic mass is 32.2. The molecule has 2 atom stereocenters. The highest BCUT2D eigenvalue weighted by molar-refractivity contribution is 7.91. The van der Waals surface area contributed by atoms with E-state index in [4.69, 9.17) is 4.74 Å². The fourth-order valence-corrected chi connectivity index (χ4v) is 4.68. The van der Waals surface area contributed by atoms with Crippen LogP contribution in [0.15, 0.2) is 42.5 Å². The minimum absolute atomic E-state index is 0.0386. The monoisotopic (exact) mass is 391 g/mol. The van der Waals surface area contributed by atoms with Crippen molar-refractivity contribution in [3.8, 4) is 0 Å². The average Bonchev–Trinajstić information content (AvgIpc) is 2.59. The van der Waals surface area contributed by atoms with E-state index in [9.17, 15) is 13.2 Å².